The van der Waals surface area contributed by atoms with E-state index in [2.05, 4.69) is 0 Å². The van der Waals surface area contributed by atoms with Crippen molar-refractivity contribution in [2.24, 2.45) is 11.1 Å². The van der Waals surface area contributed by atoms with Crippen molar-refractivity contribution in [3.05, 3.63) is 0 Å². The van der Waals surface area contributed by atoms with Gasteiger partial charge in [0.05, 0.1) is 23.6 Å². The van der Waals surface area contributed by atoms with Gasteiger partial charge < -0.3 is 20.8 Å². The lowest BCUT2D eigenvalue weighted by Gasteiger charge is -2.33. The average Bonchev–Trinajstić information content (AvgIpc) is 2.78. The van der Waals surface area contributed by atoms with E-state index in [1.165, 1.54) is 4.90 Å². The molecule has 0 radical (unpaired) electrons. The molecule has 0 aromatic rings. The van der Waals surface area contributed by atoms with Crippen molar-refractivity contribution in [1.29, 1.82) is 0 Å². The summed E-state index contributed by atoms with van der Waals surface area (Å²) in [5, 5.41) is 17.9. The number of amides is 1. The Morgan fingerprint density at radius 2 is 1.71 bits per heavy atom. The number of rotatable bonds is 6. The van der Waals surface area contributed by atoms with Crippen molar-refractivity contribution in [3.63, 3.8) is 0 Å². The van der Waals surface area contributed by atoms with Crippen LogP contribution in [0.25, 0.3) is 0 Å². The molecule has 1 amide bonds. The highest BCUT2D eigenvalue weighted by molar-refractivity contribution is 7.80. The second kappa shape index (κ2) is 6.28. The van der Waals surface area contributed by atoms with Gasteiger partial charge in [-0.15, -0.1) is 0 Å². The lowest BCUT2D eigenvalue weighted by molar-refractivity contribution is -0.139. The van der Waals surface area contributed by atoms with Crippen LogP contribution in [0.3, 0.4) is 0 Å². The van der Waals surface area contributed by atoms with Crippen molar-refractivity contribution < 1.29 is 15.0 Å². The number of nitrogens with two attached hydrogens (primary N) is 1. The minimum absolute atomic E-state index is 0.126. The molecule has 98 valence electrons. The first-order valence-electron chi connectivity index (χ1n) is 5.89. The van der Waals surface area contributed by atoms with Crippen LogP contribution in [0.1, 0.15) is 25.7 Å². The van der Waals surface area contributed by atoms with Crippen LogP contribution in [0.5, 0.6) is 0 Å². The van der Waals surface area contributed by atoms with E-state index < -0.39 is 5.41 Å². The van der Waals surface area contributed by atoms with Gasteiger partial charge in [0.2, 0.25) is 5.91 Å². The highest BCUT2D eigenvalue weighted by Gasteiger charge is 2.45. The maximum absolute atomic E-state index is 12.4. The van der Waals surface area contributed by atoms with Gasteiger partial charge in [-0.2, -0.15) is 0 Å². The molecule has 1 saturated carbocycles. The molecule has 5 nitrogen and oxygen atoms in total. The Morgan fingerprint density at radius 1 is 1.24 bits per heavy atom. The number of thiocarbonyl (C=S) groups is 1. The van der Waals surface area contributed by atoms with Crippen LogP contribution in [0.15, 0.2) is 0 Å². The Morgan fingerprint density at radius 3 is 2.06 bits per heavy atom. The van der Waals surface area contributed by atoms with Crippen LogP contribution in [-0.2, 0) is 4.79 Å². The first-order valence-corrected chi connectivity index (χ1v) is 6.30. The molecule has 0 aromatic heterocycles. The third-order valence-electron chi connectivity index (χ3n) is 3.37. The predicted octanol–water partition coefficient (Wildman–Crippen LogP) is -0.354. The molecule has 6 heteroatoms. The van der Waals surface area contributed by atoms with Crippen LogP contribution >= 0.6 is 12.2 Å². The molecule has 0 heterocycles. The molecule has 1 aliphatic rings. The maximum Gasteiger partial charge on any atom is 0.235 e. The molecular formula is C11H20N2O3S. The van der Waals surface area contributed by atoms with E-state index in [1.807, 2.05) is 0 Å². The standard InChI is InChI=1S/C11H20N2O3S/c12-9(17)11(3-1-2-4-11)10(16)13(5-7-14)6-8-15/h14-15H,1-8H2,(H2,12,17). The Balaban J connectivity index is 2.85. The summed E-state index contributed by atoms with van der Waals surface area (Å²) in [6.45, 7) is 0.172. The van der Waals surface area contributed by atoms with Crippen LogP contribution in [-0.4, -0.2) is 52.3 Å². The number of carbonyl (C=O) groups excluding carboxylic acids is 1. The summed E-state index contributed by atoms with van der Waals surface area (Å²) in [5.74, 6) is -0.148. The molecule has 1 rings (SSSR count). The van der Waals surface area contributed by atoms with Gasteiger partial charge in [-0.05, 0) is 12.8 Å². The fourth-order valence-corrected chi connectivity index (χ4v) is 2.69. The van der Waals surface area contributed by atoms with Gasteiger partial charge in [-0.25, -0.2) is 0 Å². The van der Waals surface area contributed by atoms with Gasteiger partial charge in [-0.1, -0.05) is 25.1 Å². The third-order valence-corrected chi connectivity index (χ3v) is 3.76. The van der Waals surface area contributed by atoms with E-state index in [1.54, 1.807) is 0 Å². The molecule has 1 fully saturated rings. The third kappa shape index (κ3) is 2.94. The molecule has 0 saturated heterocycles. The Labute approximate surface area is 107 Å². The molecule has 0 unspecified atom stereocenters. The quantitative estimate of drug-likeness (QED) is 0.568. The van der Waals surface area contributed by atoms with E-state index in [0.717, 1.165) is 12.8 Å². The second-order valence-corrected chi connectivity index (χ2v) is 4.83. The normalized spacial score (nSPS) is 18.0. The summed E-state index contributed by atoms with van der Waals surface area (Å²) in [4.78, 5) is 14.1. The van der Waals surface area contributed by atoms with E-state index >= 15 is 0 Å². The van der Waals surface area contributed by atoms with E-state index in [0.29, 0.717) is 12.8 Å². The van der Waals surface area contributed by atoms with Gasteiger partial charge in [0.1, 0.15) is 0 Å². The van der Waals surface area contributed by atoms with Crippen LogP contribution in [0, 0.1) is 5.41 Å². The Hall–Kier alpha value is -0.720. The van der Waals surface area contributed by atoms with Crippen molar-refractivity contribution >= 4 is 23.1 Å². The molecule has 1 aliphatic carbocycles. The molecule has 0 aliphatic heterocycles. The zero-order chi connectivity index (χ0) is 12.9. The molecule has 4 N–H and O–H groups in total. The largest absolute Gasteiger partial charge is 0.395 e. The van der Waals surface area contributed by atoms with Crippen molar-refractivity contribution in [1.82, 2.24) is 4.90 Å². The van der Waals surface area contributed by atoms with Crippen LogP contribution in [0.4, 0.5) is 0 Å². The Bertz CT molecular complexity index is 284. The van der Waals surface area contributed by atoms with Crippen molar-refractivity contribution in [3.8, 4) is 0 Å². The number of aliphatic hydroxyl groups is 2. The lowest BCUT2D eigenvalue weighted by Crippen LogP contribution is -2.50. The summed E-state index contributed by atoms with van der Waals surface area (Å²) in [5.41, 5.74) is 4.97. The number of hydrogen-bond acceptors (Lipinski definition) is 4. The van der Waals surface area contributed by atoms with Crippen LogP contribution in [0.2, 0.25) is 0 Å². The summed E-state index contributed by atoms with van der Waals surface area (Å²) in [6.07, 6.45) is 3.23. The number of aliphatic hydroxyl groups excluding tert-OH is 2. The molecule has 17 heavy (non-hydrogen) atoms. The van der Waals surface area contributed by atoms with E-state index in [4.69, 9.17) is 28.2 Å². The average molecular weight is 260 g/mol. The molecule has 0 aromatic carbocycles. The summed E-state index contributed by atoms with van der Waals surface area (Å²) < 4.78 is 0. The van der Waals surface area contributed by atoms with Crippen molar-refractivity contribution in [2.45, 2.75) is 25.7 Å². The fraction of sp³-hybridized carbons (Fsp3) is 0.818. The monoisotopic (exact) mass is 260 g/mol. The van der Waals surface area contributed by atoms with Gasteiger partial charge in [-0.3, -0.25) is 4.79 Å². The van der Waals surface area contributed by atoms with Gasteiger partial charge in [0.15, 0.2) is 0 Å². The molecular weight excluding hydrogens is 240 g/mol. The maximum atomic E-state index is 12.4. The number of carbonyl (C=O) groups is 1. The fourth-order valence-electron chi connectivity index (χ4n) is 2.40. The zero-order valence-electron chi connectivity index (χ0n) is 9.89. The highest BCUT2D eigenvalue weighted by atomic mass is 32.1. The van der Waals surface area contributed by atoms with Gasteiger partial charge >= 0.3 is 0 Å². The summed E-state index contributed by atoms with van der Waals surface area (Å²) >= 11 is 5.04. The van der Waals surface area contributed by atoms with Gasteiger partial charge in [0.25, 0.3) is 0 Å². The summed E-state index contributed by atoms with van der Waals surface area (Å²) in [6, 6.07) is 0. The Kier molecular flexibility index (Phi) is 5.30. The zero-order valence-corrected chi connectivity index (χ0v) is 10.7. The minimum Gasteiger partial charge on any atom is -0.395 e. The van der Waals surface area contributed by atoms with Gasteiger partial charge in [0, 0.05) is 13.1 Å². The number of hydrogen-bond donors (Lipinski definition) is 3. The first-order chi connectivity index (χ1) is 8.08. The number of nitrogens with zero attached hydrogens (tertiary/aromatic N) is 1. The topological polar surface area (TPSA) is 86.8 Å². The predicted molar refractivity (Wildman–Crippen MR) is 68.4 cm³/mol. The molecule has 0 bridgehead atoms. The van der Waals surface area contributed by atoms with E-state index in [-0.39, 0.29) is 37.2 Å². The first kappa shape index (κ1) is 14.3. The highest BCUT2D eigenvalue weighted by Crippen LogP contribution is 2.40. The SMILES string of the molecule is NC(=S)C1(C(=O)N(CCO)CCO)CCCC1. The van der Waals surface area contributed by atoms with E-state index in [9.17, 15) is 4.79 Å². The smallest absolute Gasteiger partial charge is 0.235 e. The van der Waals surface area contributed by atoms with Crippen LogP contribution < -0.4 is 5.73 Å². The second-order valence-electron chi connectivity index (χ2n) is 4.39. The molecule has 0 spiro atoms. The minimum atomic E-state index is -0.750. The molecule has 0 atom stereocenters. The lowest BCUT2D eigenvalue weighted by atomic mass is 9.84. The summed E-state index contributed by atoms with van der Waals surface area (Å²) in [7, 11) is 0. The van der Waals surface area contributed by atoms with Crippen molar-refractivity contribution in [2.75, 3.05) is 26.3 Å².